The Hall–Kier alpha value is -2.73. The maximum atomic E-state index is 5.71. The minimum absolute atomic E-state index is 0.228. The Morgan fingerprint density at radius 1 is 1.16 bits per heavy atom. The molecular weight excluding hydrogens is 386 g/mol. The lowest BCUT2D eigenvalue weighted by atomic mass is 10.0. The van der Waals surface area contributed by atoms with Crippen molar-refractivity contribution in [1.82, 2.24) is 20.0 Å². The molecule has 0 radical (unpaired) electrons. The van der Waals surface area contributed by atoms with Crippen LogP contribution in [0.25, 0.3) is 11.3 Å². The second kappa shape index (κ2) is 8.79. The first-order chi connectivity index (χ1) is 14.8. The highest BCUT2D eigenvalue weighted by Gasteiger charge is 2.31. The highest BCUT2D eigenvalue weighted by molar-refractivity contribution is 5.65. The molecule has 1 aromatic carbocycles. The Bertz CT molecular complexity index is 1040. The van der Waals surface area contributed by atoms with Gasteiger partial charge in [-0.05, 0) is 50.3 Å². The van der Waals surface area contributed by atoms with Crippen molar-refractivity contribution >= 4 is 5.95 Å². The van der Waals surface area contributed by atoms with Crippen molar-refractivity contribution in [2.24, 2.45) is 0 Å². The van der Waals surface area contributed by atoms with Crippen molar-refractivity contribution in [2.45, 2.75) is 59.0 Å². The van der Waals surface area contributed by atoms with E-state index >= 15 is 0 Å². The summed E-state index contributed by atoms with van der Waals surface area (Å²) < 4.78 is 5.71. The molecule has 4 rings (SSSR count). The highest BCUT2D eigenvalue weighted by atomic mass is 16.5. The molecule has 1 aliphatic heterocycles. The highest BCUT2D eigenvalue weighted by Crippen LogP contribution is 2.39. The Morgan fingerprint density at radius 2 is 1.90 bits per heavy atom. The topological polar surface area (TPSA) is 58.3 Å². The summed E-state index contributed by atoms with van der Waals surface area (Å²) in [6.07, 6.45) is 4.13. The van der Waals surface area contributed by atoms with Crippen molar-refractivity contribution in [1.29, 1.82) is 0 Å². The third kappa shape index (κ3) is 4.35. The van der Waals surface area contributed by atoms with E-state index in [0.717, 1.165) is 60.2 Å². The third-order valence-electron chi connectivity index (χ3n) is 6.32. The summed E-state index contributed by atoms with van der Waals surface area (Å²) in [5.41, 5.74) is 6.67. The van der Waals surface area contributed by atoms with Crippen molar-refractivity contribution in [3.63, 3.8) is 0 Å². The Balaban J connectivity index is 1.69. The Labute approximate surface area is 185 Å². The molecule has 31 heavy (non-hydrogen) atoms. The van der Waals surface area contributed by atoms with Crippen molar-refractivity contribution in [3.8, 4) is 11.3 Å². The zero-order valence-electron chi connectivity index (χ0n) is 19.5. The van der Waals surface area contributed by atoms with Gasteiger partial charge in [-0.1, -0.05) is 43.3 Å². The van der Waals surface area contributed by atoms with Gasteiger partial charge in [-0.3, -0.25) is 4.90 Å². The summed E-state index contributed by atoms with van der Waals surface area (Å²) in [5.74, 6) is 2.06. The van der Waals surface area contributed by atoms with Gasteiger partial charge in [0, 0.05) is 32.4 Å². The number of nitrogens with zero attached hydrogens (tertiary/aromatic N) is 5. The van der Waals surface area contributed by atoms with Crippen LogP contribution in [0, 0.1) is 13.8 Å². The molecule has 0 N–H and O–H groups in total. The van der Waals surface area contributed by atoms with Crippen molar-refractivity contribution in [2.75, 3.05) is 25.5 Å². The fraction of sp³-hybridized carbons (Fsp3) is 0.480. The third-order valence-corrected chi connectivity index (χ3v) is 6.32. The smallest absolute Gasteiger partial charge is 0.225 e. The molecule has 1 saturated heterocycles. The zero-order valence-corrected chi connectivity index (χ0v) is 19.5. The summed E-state index contributed by atoms with van der Waals surface area (Å²) >= 11 is 0. The molecule has 1 aliphatic rings. The average molecular weight is 420 g/mol. The number of aromatic nitrogens is 3. The Kier molecular flexibility index (Phi) is 6.10. The molecule has 0 amide bonds. The molecule has 164 valence electrons. The molecule has 3 heterocycles. The molecule has 0 aliphatic carbocycles. The first-order valence-corrected chi connectivity index (χ1v) is 11.2. The number of likely N-dealkylation sites (tertiary alicyclic amines) is 1. The number of aryl methyl sites for hydroxylation is 1. The fourth-order valence-corrected chi connectivity index (χ4v) is 4.26. The minimum Gasteiger partial charge on any atom is -0.356 e. The summed E-state index contributed by atoms with van der Waals surface area (Å²) in [6.45, 7) is 10.5. The lowest BCUT2D eigenvalue weighted by molar-refractivity contribution is 0.244. The number of hydrogen-bond donors (Lipinski definition) is 0. The molecule has 1 fully saturated rings. The lowest BCUT2D eigenvalue weighted by Gasteiger charge is -2.26. The first kappa shape index (κ1) is 21.5. The van der Waals surface area contributed by atoms with Gasteiger partial charge in [-0.2, -0.15) is 0 Å². The quantitative estimate of drug-likeness (QED) is 0.542. The molecule has 6 nitrogen and oxygen atoms in total. The molecule has 0 saturated carbocycles. The van der Waals surface area contributed by atoms with E-state index in [1.165, 1.54) is 11.1 Å². The van der Waals surface area contributed by atoms with E-state index in [9.17, 15) is 0 Å². The average Bonchev–Trinajstić information content (AvgIpc) is 3.34. The predicted molar refractivity (Wildman–Crippen MR) is 124 cm³/mol. The van der Waals surface area contributed by atoms with Crippen LogP contribution in [-0.4, -0.2) is 40.7 Å². The van der Waals surface area contributed by atoms with Gasteiger partial charge >= 0.3 is 0 Å². The van der Waals surface area contributed by atoms with Gasteiger partial charge in [0.15, 0.2) is 5.76 Å². The molecule has 1 atom stereocenters. The largest absolute Gasteiger partial charge is 0.356 e. The number of rotatable bonds is 6. The van der Waals surface area contributed by atoms with Gasteiger partial charge in [-0.25, -0.2) is 9.97 Å². The van der Waals surface area contributed by atoms with E-state index in [0.29, 0.717) is 5.92 Å². The van der Waals surface area contributed by atoms with E-state index in [-0.39, 0.29) is 6.04 Å². The van der Waals surface area contributed by atoms with Crippen LogP contribution in [0.2, 0.25) is 0 Å². The van der Waals surface area contributed by atoms with Crippen LogP contribution >= 0.6 is 0 Å². The van der Waals surface area contributed by atoms with Crippen LogP contribution in [0.1, 0.15) is 66.7 Å². The first-order valence-electron chi connectivity index (χ1n) is 11.2. The molecular formula is C25H33N5O. The van der Waals surface area contributed by atoms with Gasteiger partial charge in [0.25, 0.3) is 0 Å². The summed E-state index contributed by atoms with van der Waals surface area (Å²) in [6, 6.07) is 9.27. The van der Waals surface area contributed by atoms with E-state index in [2.05, 4.69) is 53.2 Å². The van der Waals surface area contributed by atoms with Crippen LogP contribution in [0.3, 0.4) is 0 Å². The minimum atomic E-state index is 0.228. The van der Waals surface area contributed by atoms with E-state index in [4.69, 9.17) is 9.51 Å². The van der Waals surface area contributed by atoms with Gasteiger partial charge in [0.05, 0.1) is 23.0 Å². The van der Waals surface area contributed by atoms with Gasteiger partial charge in [-0.15, -0.1) is 0 Å². The molecule has 0 bridgehead atoms. The van der Waals surface area contributed by atoms with Crippen molar-refractivity contribution < 1.29 is 4.52 Å². The normalized spacial score (nSPS) is 16.9. The lowest BCUT2D eigenvalue weighted by Crippen LogP contribution is -2.25. The van der Waals surface area contributed by atoms with Gasteiger partial charge in [0.2, 0.25) is 5.95 Å². The Morgan fingerprint density at radius 3 is 2.52 bits per heavy atom. The maximum Gasteiger partial charge on any atom is 0.225 e. The summed E-state index contributed by atoms with van der Waals surface area (Å²) in [4.78, 5) is 14.1. The van der Waals surface area contributed by atoms with Crippen LogP contribution in [0.5, 0.6) is 0 Å². The predicted octanol–water partition coefficient (Wildman–Crippen LogP) is 5.27. The second-order valence-corrected chi connectivity index (χ2v) is 9.11. The molecule has 0 spiro atoms. The summed E-state index contributed by atoms with van der Waals surface area (Å²) in [5, 5.41) is 4.17. The zero-order chi connectivity index (χ0) is 22.1. The monoisotopic (exact) mass is 419 g/mol. The molecule has 3 aromatic rings. The molecule has 0 unspecified atom stereocenters. The molecule has 2 aromatic heterocycles. The summed E-state index contributed by atoms with van der Waals surface area (Å²) in [7, 11) is 3.96. The maximum absolute atomic E-state index is 5.71. The van der Waals surface area contributed by atoms with Crippen LogP contribution in [-0.2, 0) is 6.54 Å². The fourth-order valence-electron chi connectivity index (χ4n) is 4.26. The molecule has 6 heteroatoms. The van der Waals surface area contributed by atoms with E-state index in [1.807, 2.05) is 39.0 Å². The van der Waals surface area contributed by atoms with Crippen molar-refractivity contribution in [3.05, 3.63) is 58.5 Å². The standard InChI is InChI=1S/C25H33N5O/c1-16(2)20-11-9-19(10-12-20)15-30-13-7-8-22(30)23-21(14-26-25(27-23)29(5)6)24-17(3)18(4)28-31-24/h9-12,14,16,22H,7-8,13,15H2,1-6H3/t22-/m0/s1. The van der Waals surface area contributed by atoms with E-state index < -0.39 is 0 Å². The van der Waals surface area contributed by atoms with Crippen LogP contribution in [0.15, 0.2) is 35.0 Å². The van der Waals surface area contributed by atoms with Gasteiger partial charge in [0.1, 0.15) is 0 Å². The number of anilines is 1. The SMILES string of the molecule is Cc1noc(-c2cnc(N(C)C)nc2[C@@H]2CCCN2Cc2ccc(C(C)C)cc2)c1C. The second-order valence-electron chi connectivity index (χ2n) is 9.11. The van der Waals surface area contributed by atoms with Crippen LogP contribution in [0.4, 0.5) is 5.95 Å². The van der Waals surface area contributed by atoms with E-state index in [1.54, 1.807) is 0 Å². The van der Waals surface area contributed by atoms with Crippen LogP contribution < -0.4 is 4.90 Å². The van der Waals surface area contributed by atoms with Gasteiger partial charge < -0.3 is 9.42 Å². The number of hydrogen-bond acceptors (Lipinski definition) is 6. The number of benzene rings is 1.